The highest BCUT2D eigenvalue weighted by molar-refractivity contribution is 5.98. The van der Waals surface area contributed by atoms with E-state index in [9.17, 15) is 27.6 Å². The molecule has 1 atom stereocenters. The molecule has 10 heteroatoms. The molecule has 3 N–H and O–H groups in total. The van der Waals surface area contributed by atoms with Crippen molar-refractivity contribution in [3.63, 3.8) is 0 Å². The molecule has 0 radical (unpaired) electrons. The third-order valence-corrected chi connectivity index (χ3v) is 2.67. The van der Waals surface area contributed by atoms with Crippen molar-refractivity contribution in [1.82, 2.24) is 5.32 Å². The number of primary amides is 1. The number of hydrogen-bond donors (Lipinski definition) is 2. The van der Waals surface area contributed by atoms with Crippen LogP contribution in [0.15, 0.2) is 24.3 Å². The van der Waals surface area contributed by atoms with Gasteiger partial charge in [0.15, 0.2) is 6.10 Å². The molecule has 0 heterocycles. The van der Waals surface area contributed by atoms with E-state index in [2.05, 4.69) is 4.74 Å². The number of nitrogens with one attached hydrogen (secondary N) is 1. The summed E-state index contributed by atoms with van der Waals surface area (Å²) >= 11 is 0. The van der Waals surface area contributed by atoms with Crippen LogP contribution in [-0.2, 0) is 9.53 Å². The average molecular weight is 348 g/mol. The van der Waals surface area contributed by atoms with Crippen LogP contribution in [-0.4, -0.2) is 30.4 Å². The first-order valence-corrected chi connectivity index (χ1v) is 6.66. The Labute approximate surface area is 134 Å². The second kappa shape index (κ2) is 7.66. The molecular formula is C14H15F3N2O5. The number of rotatable bonds is 5. The van der Waals surface area contributed by atoms with Gasteiger partial charge in [0.1, 0.15) is 5.75 Å². The largest absolute Gasteiger partial charge is 0.573 e. The van der Waals surface area contributed by atoms with Crippen molar-refractivity contribution in [2.24, 2.45) is 11.7 Å². The van der Waals surface area contributed by atoms with Crippen molar-refractivity contribution >= 4 is 17.9 Å². The van der Waals surface area contributed by atoms with Gasteiger partial charge >= 0.3 is 18.4 Å². The summed E-state index contributed by atoms with van der Waals surface area (Å²) in [4.78, 5) is 34.4. The van der Waals surface area contributed by atoms with Gasteiger partial charge < -0.3 is 15.2 Å². The zero-order valence-electron chi connectivity index (χ0n) is 12.7. The summed E-state index contributed by atoms with van der Waals surface area (Å²) in [6.45, 7) is 3.14. The van der Waals surface area contributed by atoms with Crippen LogP contribution in [0.5, 0.6) is 5.75 Å². The third kappa shape index (κ3) is 6.15. The second-order valence-corrected chi connectivity index (χ2v) is 5.00. The Morgan fingerprint density at radius 1 is 1.12 bits per heavy atom. The number of amides is 3. The number of urea groups is 1. The number of benzene rings is 1. The molecule has 3 amide bonds. The van der Waals surface area contributed by atoms with E-state index < -0.39 is 42.0 Å². The molecule has 0 fully saturated rings. The third-order valence-electron chi connectivity index (χ3n) is 2.67. The maximum atomic E-state index is 12.1. The molecule has 1 aromatic rings. The Bertz CT molecular complexity index is 614. The van der Waals surface area contributed by atoms with Gasteiger partial charge in [0.2, 0.25) is 0 Å². The van der Waals surface area contributed by atoms with E-state index in [4.69, 9.17) is 10.5 Å². The smallest absolute Gasteiger partial charge is 0.448 e. The van der Waals surface area contributed by atoms with Crippen molar-refractivity contribution in [1.29, 1.82) is 0 Å². The summed E-state index contributed by atoms with van der Waals surface area (Å²) in [6, 6.07) is 2.85. The summed E-state index contributed by atoms with van der Waals surface area (Å²) in [5.41, 5.74) is 4.73. The van der Waals surface area contributed by atoms with Gasteiger partial charge in [-0.1, -0.05) is 13.8 Å². The standard InChI is InChI=1S/C14H15F3N2O5/c1-7(2)10(11(20)19-13(18)22)23-12(21)8-3-5-9(6-4-8)24-14(15,16)17/h3-7,10H,1-2H3,(H3,18,19,20,22)/t10-/m1/s1. The summed E-state index contributed by atoms with van der Waals surface area (Å²) in [6.07, 6.45) is -6.14. The Hall–Kier alpha value is -2.78. The minimum absolute atomic E-state index is 0.0953. The quantitative estimate of drug-likeness (QED) is 0.791. The van der Waals surface area contributed by atoms with Crippen LogP contribution in [0.4, 0.5) is 18.0 Å². The summed E-state index contributed by atoms with van der Waals surface area (Å²) in [5, 5.41) is 1.79. The van der Waals surface area contributed by atoms with Crippen LogP contribution >= 0.6 is 0 Å². The zero-order chi connectivity index (χ0) is 18.5. The molecule has 0 spiro atoms. The number of carbonyl (C=O) groups is 3. The number of hydrogen-bond acceptors (Lipinski definition) is 5. The number of ether oxygens (including phenoxy) is 2. The SMILES string of the molecule is CC(C)[C@@H](OC(=O)c1ccc(OC(F)(F)F)cc1)C(=O)NC(N)=O. The van der Waals surface area contributed by atoms with Crippen LogP contribution in [0.25, 0.3) is 0 Å². The molecule has 1 aromatic carbocycles. The van der Waals surface area contributed by atoms with E-state index in [0.29, 0.717) is 0 Å². The molecular weight excluding hydrogens is 333 g/mol. The van der Waals surface area contributed by atoms with Crippen LogP contribution in [0.1, 0.15) is 24.2 Å². The van der Waals surface area contributed by atoms with E-state index >= 15 is 0 Å². The average Bonchev–Trinajstić information content (AvgIpc) is 2.42. The summed E-state index contributed by atoms with van der Waals surface area (Å²) in [7, 11) is 0. The predicted octanol–water partition coefficient (Wildman–Crippen LogP) is 1.96. The molecule has 7 nitrogen and oxygen atoms in total. The Morgan fingerprint density at radius 2 is 1.67 bits per heavy atom. The number of carbonyl (C=O) groups excluding carboxylic acids is 3. The lowest BCUT2D eigenvalue weighted by Crippen LogP contribution is -2.45. The van der Waals surface area contributed by atoms with Crippen molar-refractivity contribution in [3.8, 4) is 5.75 Å². The topological polar surface area (TPSA) is 108 Å². The minimum Gasteiger partial charge on any atom is -0.448 e. The van der Waals surface area contributed by atoms with Crippen LogP contribution < -0.4 is 15.8 Å². The molecule has 0 saturated carbocycles. The Balaban J connectivity index is 2.81. The maximum absolute atomic E-state index is 12.1. The first kappa shape index (κ1) is 19.3. The van der Waals surface area contributed by atoms with Gasteiger partial charge in [-0.15, -0.1) is 13.2 Å². The van der Waals surface area contributed by atoms with Gasteiger partial charge in [-0.2, -0.15) is 0 Å². The fourth-order valence-corrected chi connectivity index (χ4v) is 1.66. The molecule has 24 heavy (non-hydrogen) atoms. The predicted molar refractivity (Wildman–Crippen MR) is 74.9 cm³/mol. The van der Waals surface area contributed by atoms with Gasteiger partial charge in [0, 0.05) is 0 Å². The van der Waals surface area contributed by atoms with Crippen LogP contribution in [0.2, 0.25) is 0 Å². The number of esters is 1. The Kier molecular flexibility index (Phi) is 6.15. The summed E-state index contributed by atoms with van der Waals surface area (Å²) in [5.74, 6) is -2.83. The minimum atomic E-state index is -4.85. The first-order chi connectivity index (χ1) is 11.0. The number of imide groups is 1. The van der Waals surface area contributed by atoms with E-state index in [1.54, 1.807) is 19.2 Å². The molecule has 0 aliphatic carbocycles. The van der Waals surface area contributed by atoms with E-state index in [-0.39, 0.29) is 5.56 Å². The van der Waals surface area contributed by atoms with E-state index in [0.717, 1.165) is 24.3 Å². The number of halogens is 3. The van der Waals surface area contributed by atoms with Crippen LogP contribution in [0, 0.1) is 5.92 Å². The van der Waals surface area contributed by atoms with Gasteiger partial charge in [-0.3, -0.25) is 10.1 Å². The lowest BCUT2D eigenvalue weighted by Gasteiger charge is -2.19. The number of alkyl halides is 3. The van der Waals surface area contributed by atoms with Crippen molar-refractivity contribution in [2.75, 3.05) is 0 Å². The van der Waals surface area contributed by atoms with Crippen molar-refractivity contribution in [2.45, 2.75) is 26.3 Å². The fraction of sp³-hybridized carbons (Fsp3) is 0.357. The Morgan fingerprint density at radius 3 is 2.08 bits per heavy atom. The molecule has 0 unspecified atom stereocenters. The fourth-order valence-electron chi connectivity index (χ4n) is 1.66. The zero-order valence-corrected chi connectivity index (χ0v) is 12.7. The molecule has 0 aliphatic rings. The van der Waals surface area contributed by atoms with Crippen LogP contribution in [0.3, 0.4) is 0 Å². The second-order valence-electron chi connectivity index (χ2n) is 5.00. The highest BCUT2D eigenvalue weighted by atomic mass is 19.4. The lowest BCUT2D eigenvalue weighted by molar-refractivity contribution is -0.274. The highest BCUT2D eigenvalue weighted by Crippen LogP contribution is 2.23. The van der Waals surface area contributed by atoms with Crippen molar-refractivity contribution in [3.05, 3.63) is 29.8 Å². The molecule has 1 rings (SSSR count). The van der Waals surface area contributed by atoms with Gasteiger partial charge in [0.05, 0.1) is 5.56 Å². The molecule has 0 saturated heterocycles. The molecule has 132 valence electrons. The normalized spacial score (nSPS) is 12.4. The molecule has 0 aliphatic heterocycles. The van der Waals surface area contributed by atoms with Gasteiger partial charge in [0.25, 0.3) is 5.91 Å². The van der Waals surface area contributed by atoms with Crippen molar-refractivity contribution < 1.29 is 37.0 Å². The maximum Gasteiger partial charge on any atom is 0.573 e. The van der Waals surface area contributed by atoms with Gasteiger partial charge in [-0.05, 0) is 30.2 Å². The molecule has 0 aromatic heterocycles. The monoisotopic (exact) mass is 348 g/mol. The molecule has 0 bridgehead atoms. The van der Waals surface area contributed by atoms with E-state index in [1.807, 2.05) is 0 Å². The van der Waals surface area contributed by atoms with Gasteiger partial charge in [-0.25, -0.2) is 9.59 Å². The summed E-state index contributed by atoms with van der Waals surface area (Å²) < 4.78 is 44.8. The number of nitrogens with two attached hydrogens (primary N) is 1. The van der Waals surface area contributed by atoms with E-state index in [1.165, 1.54) is 0 Å². The first-order valence-electron chi connectivity index (χ1n) is 6.66. The lowest BCUT2D eigenvalue weighted by atomic mass is 10.1. The highest BCUT2D eigenvalue weighted by Gasteiger charge is 2.31.